The molecule has 27 heavy (non-hydrogen) atoms. The van der Waals surface area contributed by atoms with Crippen LogP contribution in [0.5, 0.6) is 5.75 Å². The third-order valence-corrected chi connectivity index (χ3v) is 4.60. The molecule has 2 aromatic rings. The molecule has 0 radical (unpaired) electrons. The van der Waals surface area contributed by atoms with Crippen LogP contribution in [0, 0.1) is 11.3 Å². The molecule has 2 aromatic carbocycles. The first-order valence-electron chi connectivity index (χ1n) is 8.86. The van der Waals surface area contributed by atoms with Crippen molar-refractivity contribution >= 4 is 34.8 Å². The summed E-state index contributed by atoms with van der Waals surface area (Å²) in [6, 6.07) is 12.6. The van der Waals surface area contributed by atoms with E-state index < -0.39 is 5.41 Å². The van der Waals surface area contributed by atoms with Gasteiger partial charge in [-0.05, 0) is 48.4 Å². The molecule has 2 amide bonds. The predicted molar refractivity (Wildman–Crippen MR) is 107 cm³/mol. The van der Waals surface area contributed by atoms with Crippen molar-refractivity contribution in [3.05, 3.63) is 53.1 Å². The maximum atomic E-state index is 12.6. The van der Waals surface area contributed by atoms with Gasteiger partial charge < -0.3 is 15.4 Å². The van der Waals surface area contributed by atoms with Crippen LogP contribution in [-0.2, 0) is 16.0 Å². The Morgan fingerprint density at radius 2 is 1.78 bits per heavy atom. The number of anilines is 2. The summed E-state index contributed by atoms with van der Waals surface area (Å²) in [5.74, 6) is 0.263. The molecule has 3 rings (SSSR count). The average Bonchev–Trinajstić information content (AvgIpc) is 2.60. The minimum absolute atomic E-state index is 0.0832. The second-order valence-electron chi connectivity index (χ2n) is 7.74. The Kier molecular flexibility index (Phi) is 5.42. The molecule has 5 nitrogen and oxygen atoms in total. The summed E-state index contributed by atoms with van der Waals surface area (Å²) < 4.78 is 5.69. The monoisotopic (exact) mass is 386 g/mol. The Morgan fingerprint density at radius 1 is 1.07 bits per heavy atom. The van der Waals surface area contributed by atoms with E-state index in [0.717, 1.165) is 11.3 Å². The zero-order chi connectivity index (χ0) is 19.6. The number of fused-ring (bicyclic) bond motifs is 1. The number of benzene rings is 2. The highest BCUT2D eigenvalue weighted by Gasteiger charge is 2.26. The fraction of sp³-hybridized carbons (Fsp3) is 0.333. The zero-order valence-corrected chi connectivity index (χ0v) is 16.4. The molecule has 0 fully saturated rings. The van der Waals surface area contributed by atoms with Crippen LogP contribution in [-0.4, -0.2) is 18.4 Å². The van der Waals surface area contributed by atoms with Crippen LogP contribution in [0.3, 0.4) is 0 Å². The summed E-state index contributed by atoms with van der Waals surface area (Å²) in [6.07, 6.45) is 0.572. The van der Waals surface area contributed by atoms with E-state index in [-0.39, 0.29) is 17.7 Å². The van der Waals surface area contributed by atoms with Crippen molar-refractivity contribution < 1.29 is 14.3 Å². The minimum atomic E-state index is -0.493. The van der Waals surface area contributed by atoms with Crippen molar-refractivity contribution in [2.24, 2.45) is 11.3 Å². The smallest absolute Gasteiger partial charge is 0.231 e. The molecule has 0 saturated carbocycles. The molecule has 142 valence electrons. The fourth-order valence-electron chi connectivity index (χ4n) is 2.77. The Bertz CT molecular complexity index is 874. The van der Waals surface area contributed by atoms with Gasteiger partial charge in [-0.25, -0.2) is 0 Å². The Balaban J connectivity index is 1.66. The third-order valence-electron chi connectivity index (χ3n) is 4.37. The molecule has 6 heteroatoms. The summed E-state index contributed by atoms with van der Waals surface area (Å²) in [4.78, 5) is 24.8. The number of carbonyl (C=O) groups is 2. The van der Waals surface area contributed by atoms with E-state index >= 15 is 0 Å². The molecule has 1 unspecified atom stereocenters. The maximum absolute atomic E-state index is 12.6. The molecule has 0 aromatic heterocycles. The van der Waals surface area contributed by atoms with Gasteiger partial charge in [0.05, 0.1) is 5.92 Å². The quantitative estimate of drug-likeness (QED) is 0.815. The number of nitrogens with one attached hydrogen (secondary N) is 2. The lowest BCUT2D eigenvalue weighted by Gasteiger charge is -2.25. The summed E-state index contributed by atoms with van der Waals surface area (Å²) in [6.45, 7) is 5.87. The predicted octanol–water partition coefficient (Wildman–Crippen LogP) is 4.51. The molecule has 0 saturated heterocycles. The van der Waals surface area contributed by atoms with Crippen LogP contribution >= 0.6 is 11.6 Å². The summed E-state index contributed by atoms with van der Waals surface area (Å²) in [7, 11) is 0. The van der Waals surface area contributed by atoms with Gasteiger partial charge in [-0.1, -0.05) is 38.4 Å². The van der Waals surface area contributed by atoms with Gasteiger partial charge in [-0.3, -0.25) is 9.59 Å². The number of hydrogen-bond acceptors (Lipinski definition) is 3. The van der Waals surface area contributed by atoms with Crippen molar-refractivity contribution in [2.45, 2.75) is 27.2 Å². The van der Waals surface area contributed by atoms with Gasteiger partial charge in [0.25, 0.3) is 0 Å². The van der Waals surface area contributed by atoms with Gasteiger partial charge in [0.15, 0.2) is 0 Å². The maximum Gasteiger partial charge on any atom is 0.231 e. The minimum Gasteiger partial charge on any atom is -0.492 e. The highest BCUT2D eigenvalue weighted by Crippen LogP contribution is 2.30. The van der Waals surface area contributed by atoms with Crippen molar-refractivity contribution in [1.29, 1.82) is 0 Å². The van der Waals surface area contributed by atoms with Gasteiger partial charge >= 0.3 is 0 Å². The molecule has 2 N–H and O–H groups in total. The summed E-state index contributed by atoms with van der Waals surface area (Å²) in [5.41, 5.74) is 1.71. The van der Waals surface area contributed by atoms with Crippen molar-refractivity contribution in [3.63, 3.8) is 0 Å². The van der Waals surface area contributed by atoms with E-state index in [9.17, 15) is 9.59 Å². The summed E-state index contributed by atoms with van der Waals surface area (Å²) >= 11 is 6.03. The highest BCUT2D eigenvalue weighted by molar-refractivity contribution is 6.30. The molecule has 1 atom stereocenters. The number of ether oxygens (including phenoxy) is 1. The lowest BCUT2D eigenvalue weighted by atomic mass is 9.95. The lowest BCUT2D eigenvalue weighted by Crippen LogP contribution is -2.32. The fourth-order valence-corrected chi connectivity index (χ4v) is 2.96. The van der Waals surface area contributed by atoms with Gasteiger partial charge in [-0.2, -0.15) is 0 Å². The van der Waals surface area contributed by atoms with E-state index in [4.69, 9.17) is 16.3 Å². The molecule has 0 aliphatic carbocycles. The van der Waals surface area contributed by atoms with Gasteiger partial charge in [0.1, 0.15) is 12.4 Å². The van der Waals surface area contributed by atoms with E-state index in [0.29, 0.717) is 29.4 Å². The number of amides is 2. The third kappa shape index (κ3) is 4.80. The standard InChI is InChI=1S/C21H23ClN2O3/c1-21(2,3)20(26)24-17-6-4-5-16(11-17)23-19(25)14-9-13-10-15(22)7-8-18(13)27-12-14/h4-8,10-11,14H,9,12H2,1-3H3,(H,23,25)(H,24,26). The Morgan fingerprint density at radius 3 is 2.48 bits per heavy atom. The van der Waals surface area contributed by atoms with Crippen LogP contribution in [0.4, 0.5) is 11.4 Å². The Labute approximate surface area is 164 Å². The number of carbonyl (C=O) groups excluding carboxylic acids is 2. The van der Waals surface area contributed by atoms with Crippen molar-refractivity contribution in [3.8, 4) is 5.75 Å². The first-order valence-corrected chi connectivity index (χ1v) is 9.24. The van der Waals surface area contributed by atoms with Crippen molar-refractivity contribution in [1.82, 2.24) is 0 Å². The zero-order valence-electron chi connectivity index (χ0n) is 15.6. The van der Waals surface area contributed by atoms with Crippen LogP contribution < -0.4 is 15.4 Å². The van der Waals surface area contributed by atoms with Gasteiger partial charge in [0, 0.05) is 21.8 Å². The molecule has 0 spiro atoms. The van der Waals surface area contributed by atoms with Gasteiger partial charge in [-0.15, -0.1) is 0 Å². The van der Waals surface area contributed by atoms with E-state index in [2.05, 4.69) is 10.6 Å². The van der Waals surface area contributed by atoms with E-state index in [1.807, 2.05) is 32.9 Å². The molecule has 1 aliphatic heterocycles. The van der Waals surface area contributed by atoms with Crippen LogP contribution in [0.15, 0.2) is 42.5 Å². The first kappa shape index (κ1) is 19.2. The topological polar surface area (TPSA) is 67.4 Å². The molecular formula is C21H23ClN2O3. The molecule has 1 aliphatic rings. The summed E-state index contributed by atoms with van der Waals surface area (Å²) in [5, 5.41) is 6.40. The number of hydrogen-bond donors (Lipinski definition) is 2. The average molecular weight is 387 g/mol. The van der Waals surface area contributed by atoms with Crippen molar-refractivity contribution in [2.75, 3.05) is 17.2 Å². The number of halogens is 1. The van der Waals surface area contributed by atoms with Crippen LogP contribution in [0.1, 0.15) is 26.3 Å². The Hall–Kier alpha value is -2.53. The molecule has 0 bridgehead atoms. The molecular weight excluding hydrogens is 364 g/mol. The van der Waals surface area contributed by atoms with E-state index in [1.165, 1.54) is 0 Å². The van der Waals surface area contributed by atoms with E-state index in [1.54, 1.807) is 30.3 Å². The number of rotatable bonds is 3. The first-order chi connectivity index (χ1) is 12.7. The van der Waals surface area contributed by atoms with Crippen LogP contribution in [0.25, 0.3) is 0 Å². The normalized spacial score (nSPS) is 16.1. The largest absolute Gasteiger partial charge is 0.492 e. The lowest BCUT2D eigenvalue weighted by molar-refractivity contribution is -0.123. The SMILES string of the molecule is CC(C)(C)C(=O)Nc1cccc(NC(=O)C2COc3ccc(Cl)cc3C2)c1. The second-order valence-corrected chi connectivity index (χ2v) is 8.17. The van der Waals surface area contributed by atoms with Crippen LogP contribution in [0.2, 0.25) is 5.02 Å². The molecule has 1 heterocycles. The van der Waals surface area contributed by atoms with Gasteiger partial charge in [0.2, 0.25) is 11.8 Å². The second kappa shape index (κ2) is 7.61. The highest BCUT2D eigenvalue weighted by atomic mass is 35.5.